The van der Waals surface area contributed by atoms with Crippen LogP contribution in [0.2, 0.25) is 0 Å². The van der Waals surface area contributed by atoms with Crippen LogP contribution in [0, 0.1) is 37.8 Å². The highest BCUT2D eigenvalue weighted by atomic mass is 16.6. The van der Waals surface area contributed by atoms with Gasteiger partial charge in [0.2, 0.25) is 5.78 Å². The molecule has 0 saturated carbocycles. The van der Waals surface area contributed by atoms with Gasteiger partial charge in [0.1, 0.15) is 6.54 Å². The summed E-state index contributed by atoms with van der Waals surface area (Å²) in [4.78, 5) is 46.5. The molecule has 1 amide bonds. The van der Waals surface area contributed by atoms with Crippen molar-refractivity contribution in [2.24, 2.45) is 0 Å². The number of ketones is 1. The van der Waals surface area contributed by atoms with Gasteiger partial charge in [-0.1, -0.05) is 6.07 Å². The molecule has 2 rings (SSSR count). The van der Waals surface area contributed by atoms with Crippen LogP contribution in [-0.2, 0) is 9.53 Å². The summed E-state index contributed by atoms with van der Waals surface area (Å²) in [6.07, 6.45) is 0. The van der Waals surface area contributed by atoms with Gasteiger partial charge < -0.3 is 10.1 Å². The summed E-state index contributed by atoms with van der Waals surface area (Å²) < 4.78 is 4.96. The van der Waals surface area contributed by atoms with E-state index in [1.807, 2.05) is 27.7 Å². The Balaban J connectivity index is 1.92. The molecule has 8 nitrogen and oxygen atoms in total. The molecule has 0 unspecified atom stereocenters. The van der Waals surface area contributed by atoms with Crippen LogP contribution in [0.15, 0.2) is 30.3 Å². The number of non-ortho nitro benzene ring substituents is 1. The van der Waals surface area contributed by atoms with Gasteiger partial charge >= 0.3 is 5.97 Å². The van der Waals surface area contributed by atoms with Gasteiger partial charge in [-0.3, -0.25) is 24.5 Å². The molecule has 29 heavy (non-hydrogen) atoms. The Kier molecular flexibility index (Phi) is 6.82. The molecule has 0 aromatic heterocycles. The third-order valence-corrected chi connectivity index (χ3v) is 4.86. The van der Waals surface area contributed by atoms with Crippen molar-refractivity contribution in [2.45, 2.75) is 27.7 Å². The number of nitrogens with zero attached hydrogens (tertiary/aromatic N) is 1. The second kappa shape index (κ2) is 9.09. The molecule has 1 N–H and O–H groups in total. The Morgan fingerprint density at radius 2 is 1.72 bits per heavy atom. The van der Waals surface area contributed by atoms with E-state index in [0.717, 1.165) is 28.3 Å². The van der Waals surface area contributed by atoms with E-state index in [1.54, 1.807) is 6.07 Å². The van der Waals surface area contributed by atoms with Gasteiger partial charge in [0.15, 0.2) is 6.61 Å². The van der Waals surface area contributed by atoms with E-state index in [2.05, 4.69) is 5.32 Å². The predicted molar refractivity (Wildman–Crippen MR) is 106 cm³/mol. The molecule has 8 heteroatoms. The van der Waals surface area contributed by atoms with Crippen molar-refractivity contribution in [3.05, 3.63) is 73.8 Å². The Labute approximate surface area is 168 Å². The Bertz CT molecular complexity index is 997. The maximum atomic E-state index is 12.4. The topological polar surface area (TPSA) is 116 Å². The van der Waals surface area contributed by atoms with Gasteiger partial charge in [-0.15, -0.1) is 0 Å². The number of ether oxygens (including phenoxy) is 1. The van der Waals surface area contributed by atoms with Gasteiger partial charge in [-0.25, -0.2) is 0 Å². The molecule has 0 aliphatic heterocycles. The molecule has 0 atom stereocenters. The minimum absolute atomic E-state index is 0.0457. The number of esters is 1. The predicted octanol–water partition coefficient (Wildman–Crippen LogP) is 2.98. The highest BCUT2D eigenvalue weighted by molar-refractivity contribution is 6.00. The average molecular weight is 398 g/mol. The quantitative estimate of drug-likeness (QED) is 0.332. The van der Waals surface area contributed by atoms with Crippen LogP contribution < -0.4 is 5.32 Å². The number of hydrogen-bond donors (Lipinski definition) is 1. The Morgan fingerprint density at radius 1 is 1.03 bits per heavy atom. The maximum absolute atomic E-state index is 12.4. The van der Waals surface area contributed by atoms with Crippen molar-refractivity contribution < 1.29 is 24.0 Å². The molecule has 0 aliphatic carbocycles. The lowest BCUT2D eigenvalue weighted by Gasteiger charge is -2.13. The van der Waals surface area contributed by atoms with E-state index in [1.165, 1.54) is 18.2 Å². The lowest BCUT2D eigenvalue weighted by Crippen LogP contribution is -2.31. The van der Waals surface area contributed by atoms with Gasteiger partial charge in [-0.2, -0.15) is 0 Å². The number of carbonyl (C=O) groups excluding carboxylic acids is 3. The number of amides is 1. The number of carbonyl (C=O) groups is 3. The van der Waals surface area contributed by atoms with Crippen LogP contribution in [0.3, 0.4) is 0 Å². The average Bonchev–Trinajstić information content (AvgIpc) is 2.71. The number of aryl methyl sites for hydroxylation is 1. The molecule has 0 saturated heterocycles. The smallest absolute Gasteiger partial charge is 0.325 e. The normalized spacial score (nSPS) is 10.3. The number of rotatable bonds is 7. The summed E-state index contributed by atoms with van der Waals surface area (Å²) in [5, 5.41) is 13.1. The van der Waals surface area contributed by atoms with Crippen molar-refractivity contribution in [2.75, 3.05) is 13.2 Å². The number of nitrogens with one attached hydrogen (secondary N) is 1. The fraction of sp³-hybridized carbons (Fsp3) is 0.286. The number of benzene rings is 2. The van der Waals surface area contributed by atoms with Crippen LogP contribution in [0.25, 0.3) is 0 Å². The SMILES string of the molecule is Cc1cc(C(=O)COC(=O)CNC(=O)c2cccc([N+](=O)[O-])c2)c(C)c(C)c1C. The number of nitro benzene ring substituents is 1. The zero-order valence-corrected chi connectivity index (χ0v) is 16.7. The zero-order valence-electron chi connectivity index (χ0n) is 16.7. The van der Waals surface area contributed by atoms with Crippen LogP contribution >= 0.6 is 0 Å². The minimum atomic E-state index is -0.782. The number of hydrogen-bond acceptors (Lipinski definition) is 6. The van der Waals surface area contributed by atoms with Crippen LogP contribution in [0.1, 0.15) is 43.0 Å². The van der Waals surface area contributed by atoms with E-state index >= 15 is 0 Å². The molecule has 0 radical (unpaired) electrons. The van der Waals surface area contributed by atoms with Crippen molar-refractivity contribution >= 4 is 23.3 Å². The van der Waals surface area contributed by atoms with Gasteiger partial charge in [0, 0.05) is 23.3 Å². The van der Waals surface area contributed by atoms with Gasteiger partial charge in [0.05, 0.1) is 4.92 Å². The van der Waals surface area contributed by atoms with Gasteiger partial charge in [-0.05, 0) is 62.1 Å². The van der Waals surface area contributed by atoms with E-state index < -0.39 is 30.0 Å². The summed E-state index contributed by atoms with van der Waals surface area (Å²) in [7, 11) is 0. The first-order valence-electron chi connectivity index (χ1n) is 8.90. The highest BCUT2D eigenvalue weighted by Gasteiger charge is 2.17. The Morgan fingerprint density at radius 3 is 2.38 bits per heavy atom. The molecular weight excluding hydrogens is 376 g/mol. The first kappa shape index (κ1) is 21.7. The molecule has 2 aromatic rings. The third-order valence-electron chi connectivity index (χ3n) is 4.86. The molecule has 0 spiro atoms. The molecule has 2 aromatic carbocycles. The fourth-order valence-corrected chi connectivity index (χ4v) is 2.79. The van der Waals surface area contributed by atoms with E-state index in [9.17, 15) is 24.5 Å². The number of nitro groups is 1. The number of Topliss-reactive ketones (excluding diaryl/α,β-unsaturated/α-hetero) is 1. The van der Waals surface area contributed by atoms with Gasteiger partial charge in [0.25, 0.3) is 11.6 Å². The van der Waals surface area contributed by atoms with Crippen LogP contribution in [0.4, 0.5) is 5.69 Å². The van der Waals surface area contributed by atoms with Crippen molar-refractivity contribution in [3.63, 3.8) is 0 Å². The molecule has 0 bridgehead atoms. The lowest BCUT2D eigenvalue weighted by atomic mass is 9.93. The van der Waals surface area contributed by atoms with E-state index in [0.29, 0.717) is 5.56 Å². The summed E-state index contributed by atoms with van der Waals surface area (Å²) in [5.74, 6) is -1.76. The van der Waals surface area contributed by atoms with Crippen LogP contribution in [0.5, 0.6) is 0 Å². The fourth-order valence-electron chi connectivity index (χ4n) is 2.79. The standard InChI is InChI=1S/C21H22N2O6/c1-12-8-18(15(4)14(3)13(12)2)19(24)11-29-20(25)10-22-21(26)16-6-5-7-17(9-16)23(27)28/h5-9H,10-11H2,1-4H3,(H,22,26). The summed E-state index contributed by atoms with van der Waals surface area (Å²) in [6.45, 7) is 6.78. The molecule has 0 fully saturated rings. The van der Waals surface area contributed by atoms with Crippen LogP contribution in [-0.4, -0.2) is 35.7 Å². The second-order valence-electron chi connectivity index (χ2n) is 6.69. The first-order valence-corrected chi connectivity index (χ1v) is 8.90. The van der Waals surface area contributed by atoms with E-state index in [4.69, 9.17) is 4.74 Å². The molecule has 0 aliphatic rings. The van der Waals surface area contributed by atoms with Crippen molar-refractivity contribution in [1.82, 2.24) is 5.32 Å². The monoisotopic (exact) mass is 398 g/mol. The minimum Gasteiger partial charge on any atom is -0.456 e. The van der Waals surface area contributed by atoms with Crippen molar-refractivity contribution in [1.29, 1.82) is 0 Å². The maximum Gasteiger partial charge on any atom is 0.325 e. The van der Waals surface area contributed by atoms with E-state index in [-0.39, 0.29) is 17.0 Å². The highest BCUT2D eigenvalue weighted by Crippen LogP contribution is 2.21. The Hall–Kier alpha value is -3.55. The molecular formula is C21H22N2O6. The largest absolute Gasteiger partial charge is 0.456 e. The van der Waals surface area contributed by atoms with Crippen molar-refractivity contribution in [3.8, 4) is 0 Å². The summed E-state index contributed by atoms with van der Waals surface area (Å²) >= 11 is 0. The first-order chi connectivity index (χ1) is 13.6. The third kappa shape index (κ3) is 5.25. The lowest BCUT2D eigenvalue weighted by molar-refractivity contribution is -0.384. The summed E-state index contributed by atoms with van der Waals surface area (Å²) in [5.41, 5.74) is 4.26. The zero-order chi connectivity index (χ0) is 21.7. The molecule has 0 heterocycles. The molecule has 152 valence electrons. The second-order valence-corrected chi connectivity index (χ2v) is 6.69. The summed E-state index contributed by atoms with van der Waals surface area (Å²) in [6, 6.07) is 6.90.